The fraction of sp³-hybridized carbons (Fsp3) is 0.240. The van der Waals surface area contributed by atoms with Crippen molar-refractivity contribution in [3.63, 3.8) is 0 Å². The first-order valence-corrected chi connectivity index (χ1v) is 10.4. The van der Waals surface area contributed by atoms with Crippen LogP contribution in [0.4, 0.5) is 10.1 Å². The van der Waals surface area contributed by atoms with E-state index >= 15 is 0 Å². The van der Waals surface area contributed by atoms with E-state index in [1.165, 1.54) is 28.3 Å². The highest BCUT2D eigenvalue weighted by atomic mass is 19.1. The van der Waals surface area contributed by atoms with Gasteiger partial charge in [0.2, 0.25) is 0 Å². The maximum Gasteiger partial charge on any atom is 0.146 e. The highest BCUT2D eigenvalue weighted by Crippen LogP contribution is 2.36. The third-order valence-electron chi connectivity index (χ3n) is 6.09. The van der Waals surface area contributed by atoms with Crippen LogP contribution in [0.15, 0.2) is 73.1 Å². The second kappa shape index (κ2) is 7.92. The maximum atomic E-state index is 14.3. The van der Waals surface area contributed by atoms with Crippen molar-refractivity contribution in [1.29, 1.82) is 0 Å². The summed E-state index contributed by atoms with van der Waals surface area (Å²) in [5.41, 5.74) is 5.52. The predicted octanol–water partition coefficient (Wildman–Crippen LogP) is 4.92. The molecule has 1 saturated heterocycles. The molecular formula is C25H25FN4. The van der Waals surface area contributed by atoms with E-state index < -0.39 is 0 Å². The van der Waals surface area contributed by atoms with Gasteiger partial charge in [0, 0.05) is 60.7 Å². The summed E-state index contributed by atoms with van der Waals surface area (Å²) in [7, 11) is 0. The Balaban J connectivity index is 1.50. The largest absolute Gasteiger partial charge is 0.367 e. The van der Waals surface area contributed by atoms with Crippen LogP contribution in [-0.2, 0) is 0 Å². The molecular weight excluding hydrogens is 375 g/mol. The highest BCUT2D eigenvalue weighted by Gasteiger charge is 2.30. The lowest BCUT2D eigenvalue weighted by atomic mass is 9.95. The predicted molar refractivity (Wildman–Crippen MR) is 119 cm³/mol. The smallest absolute Gasteiger partial charge is 0.146 e. The number of nitrogens with one attached hydrogen (secondary N) is 1. The number of piperazine rings is 1. The topological polar surface area (TPSA) is 35.2 Å². The Bertz CT molecular complexity index is 1150. The number of aromatic nitrogens is 2. The Hall–Kier alpha value is -3.18. The molecule has 2 aromatic heterocycles. The van der Waals surface area contributed by atoms with E-state index in [2.05, 4.69) is 57.0 Å². The van der Waals surface area contributed by atoms with Crippen LogP contribution in [-0.4, -0.2) is 41.0 Å². The van der Waals surface area contributed by atoms with Crippen LogP contribution < -0.4 is 4.90 Å². The van der Waals surface area contributed by atoms with Gasteiger partial charge in [-0.05, 0) is 36.8 Å². The van der Waals surface area contributed by atoms with Crippen molar-refractivity contribution in [1.82, 2.24) is 14.9 Å². The number of fused-ring (bicyclic) bond motifs is 1. The molecule has 0 amide bonds. The summed E-state index contributed by atoms with van der Waals surface area (Å²) >= 11 is 0. The number of aryl methyl sites for hydroxylation is 1. The quantitative estimate of drug-likeness (QED) is 0.528. The first-order valence-electron chi connectivity index (χ1n) is 10.4. The molecule has 0 aliphatic carbocycles. The molecule has 4 aromatic rings. The van der Waals surface area contributed by atoms with Gasteiger partial charge < -0.3 is 9.88 Å². The molecule has 0 unspecified atom stereocenters. The van der Waals surface area contributed by atoms with E-state index in [-0.39, 0.29) is 11.9 Å². The number of hydrogen-bond donors (Lipinski definition) is 1. The standard InChI is InChI=1S/C25H25FN4/c1-18-24(20-8-2-4-10-22(20)28-18)25(19-7-6-12-27-17-19)30-15-13-29(14-16-30)23-11-5-3-9-21(23)26/h2-12,17,25,28H,13-16H2,1H3/t25-/m0/s1. The van der Waals surface area contributed by atoms with Crippen molar-refractivity contribution in [3.8, 4) is 0 Å². The maximum absolute atomic E-state index is 14.3. The number of nitrogens with zero attached hydrogens (tertiary/aromatic N) is 3. The van der Waals surface area contributed by atoms with Gasteiger partial charge in [0.1, 0.15) is 5.82 Å². The van der Waals surface area contributed by atoms with Crippen LogP contribution in [0.3, 0.4) is 0 Å². The number of H-pyrrole nitrogens is 1. The molecule has 5 rings (SSSR count). The molecule has 1 atom stereocenters. The highest BCUT2D eigenvalue weighted by molar-refractivity contribution is 5.85. The molecule has 2 aromatic carbocycles. The summed E-state index contributed by atoms with van der Waals surface area (Å²) in [4.78, 5) is 12.6. The van der Waals surface area contributed by atoms with E-state index in [0.717, 1.165) is 31.7 Å². The fourth-order valence-electron chi connectivity index (χ4n) is 4.68. The molecule has 0 radical (unpaired) electrons. The lowest BCUT2D eigenvalue weighted by Crippen LogP contribution is -2.48. The van der Waals surface area contributed by atoms with Gasteiger partial charge >= 0.3 is 0 Å². The zero-order chi connectivity index (χ0) is 20.5. The molecule has 152 valence electrons. The molecule has 1 N–H and O–H groups in total. The number of halogens is 1. The normalized spacial score (nSPS) is 16.1. The van der Waals surface area contributed by atoms with Gasteiger partial charge in [-0.25, -0.2) is 4.39 Å². The average Bonchev–Trinajstić information content (AvgIpc) is 3.11. The Labute approximate surface area is 176 Å². The van der Waals surface area contributed by atoms with Crippen molar-refractivity contribution < 1.29 is 4.39 Å². The molecule has 0 spiro atoms. The summed E-state index contributed by atoms with van der Waals surface area (Å²) in [6.07, 6.45) is 3.79. The Morgan fingerprint density at radius 2 is 1.70 bits per heavy atom. The van der Waals surface area contributed by atoms with Gasteiger partial charge in [-0.15, -0.1) is 0 Å². The number of pyridine rings is 1. The molecule has 0 saturated carbocycles. The van der Waals surface area contributed by atoms with Gasteiger partial charge in [-0.3, -0.25) is 9.88 Å². The number of aromatic amines is 1. The number of hydrogen-bond acceptors (Lipinski definition) is 3. The molecule has 30 heavy (non-hydrogen) atoms. The lowest BCUT2D eigenvalue weighted by Gasteiger charge is -2.40. The van der Waals surface area contributed by atoms with Gasteiger partial charge in [-0.2, -0.15) is 0 Å². The summed E-state index contributed by atoms with van der Waals surface area (Å²) < 4.78 is 14.3. The molecule has 5 heteroatoms. The van der Waals surface area contributed by atoms with Crippen molar-refractivity contribution in [2.45, 2.75) is 13.0 Å². The van der Waals surface area contributed by atoms with Gasteiger partial charge in [-0.1, -0.05) is 36.4 Å². The van der Waals surface area contributed by atoms with E-state index in [4.69, 9.17) is 0 Å². The zero-order valence-electron chi connectivity index (χ0n) is 17.1. The first-order chi connectivity index (χ1) is 14.7. The van der Waals surface area contributed by atoms with Gasteiger partial charge in [0.05, 0.1) is 11.7 Å². The molecule has 0 bridgehead atoms. The van der Waals surface area contributed by atoms with Gasteiger partial charge in [0.25, 0.3) is 0 Å². The van der Waals surface area contributed by atoms with E-state index in [1.54, 1.807) is 6.07 Å². The van der Waals surface area contributed by atoms with E-state index in [1.807, 2.05) is 30.6 Å². The Morgan fingerprint density at radius 1 is 0.933 bits per heavy atom. The SMILES string of the molecule is Cc1[nH]c2ccccc2c1[C@H](c1cccnc1)N1CCN(c2ccccc2F)CC1. The van der Waals surface area contributed by atoms with E-state index in [0.29, 0.717) is 5.69 Å². The fourth-order valence-corrected chi connectivity index (χ4v) is 4.68. The molecule has 1 aliphatic heterocycles. The molecule has 3 heterocycles. The lowest BCUT2D eigenvalue weighted by molar-refractivity contribution is 0.212. The summed E-state index contributed by atoms with van der Waals surface area (Å²) in [5.74, 6) is -0.151. The summed E-state index contributed by atoms with van der Waals surface area (Å²) in [6.45, 7) is 5.44. The summed E-state index contributed by atoms with van der Waals surface area (Å²) in [5, 5.41) is 1.25. The van der Waals surface area contributed by atoms with Crippen LogP contribution in [0.2, 0.25) is 0 Å². The van der Waals surface area contributed by atoms with Crippen LogP contribution >= 0.6 is 0 Å². The van der Waals surface area contributed by atoms with Crippen LogP contribution in [0.5, 0.6) is 0 Å². The Kier molecular flexibility index (Phi) is 4.97. The minimum atomic E-state index is -0.151. The van der Waals surface area contributed by atoms with Crippen molar-refractivity contribution >= 4 is 16.6 Å². The van der Waals surface area contributed by atoms with Crippen molar-refractivity contribution in [2.24, 2.45) is 0 Å². The second-order valence-electron chi connectivity index (χ2n) is 7.87. The van der Waals surface area contributed by atoms with Gasteiger partial charge in [0.15, 0.2) is 0 Å². The zero-order valence-corrected chi connectivity index (χ0v) is 17.1. The van der Waals surface area contributed by atoms with Crippen molar-refractivity contribution in [3.05, 3.63) is 95.7 Å². The Morgan fingerprint density at radius 3 is 2.47 bits per heavy atom. The monoisotopic (exact) mass is 400 g/mol. The number of anilines is 1. The van der Waals surface area contributed by atoms with Crippen LogP contribution in [0.1, 0.15) is 22.9 Å². The van der Waals surface area contributed by atoms with Crippen LogP contribution in [0.25, 0.3) is 10.9 Å². The minimum Gasteiger partial charge on any atom is -0.367 e. The first kappa shape index (κ1) is 18.8. The minimum absolute atomic E-state index is 0.109. The molecule has 1 aliphatic rings. The second-order valence-corrected chi connectivity index (χ2v) is 7.87. The van der Waals surface area contributed by atoms with Crippen molar-refractivity contribution in [2.75, 3.05) is 31.1 Å². The third-order valence-corrected chi connectivity index (χ3v) is 6.09. The number of para-hydroxylation sites is 2. The average molecular weight is 401 g/mol. The molecule has 1 fully saturated rings. The van der Waals surface area contributed by atoms with E-state index in [9.17, 15) is 4.39 Å². The van der Waals surface area contributed by atoms with Crippen LogP contribution in [0, 0.1) is 12.7 Å². The number of benzene rings is 2. The third kappa shape index (κ3) is 3.35. The number of rotatable bonds is 4. The molecule has 4 nitrogen and oxygen atoms in total. The summed E-state index contributed by atoms with van der Waals surface area (Å²) in [6, 6.07) is 19.8.